The van der Waals surface area contributed by atoms with Gasteiger partial charge in [0.05, 0.1) is 24.1 Å². The van der Waals surface area contributed by atoms with Gasteiger partial charge in [0, 0.05) is 11.5 Å². The number of thioether (sulfide) groups is 1. The number of nitrogens with zero attached hydrogens (tertiary/aromatic N) is 1. The second-order valence-electron chi connectivity index (χ2n) is 4.47. The number of fused-ring (bicyclic) bond motifs is 1. The Balaban J connectivity index is 2.05. The van der Waals surface area contributed by atoms with E-state index in [1.807, 2.05) is 24.3 Å². The van der Waals surface area contributed by atoms with Crippen molar-refractivity contribution in [1.29, 1.82) is 0 Å². The van der Waals surface area contributed by atoms with Crippen molar-refractivity contribution in [3.8, 4) is 0 Å². The molecule has 0 aliphatic heterocycles. The maximum Gasteiger partial charge on any atom is 0.309 e. The number of carbonyl (C=O) groups excluding carboxylic acids is 1. The quantitative estimate of drug-likeness (QED) is 0.853. The van der Waals surface area contributed by atoms with Crippen LogP contribution in [0.4, 0.5) is 0 Å². The van der Waals surface area contributed by atoms with E-state index >= 15 is 0 Å². The molecule has 1 aromatic heterocycles. The van der Waals surface area contributed by atoms with Crippen molar-refractivity contribution in [2.75, 3.05) is 12.9 Å². The van der Waals surface area contributed by atoms with Gasteiger partial charge in [-0.15, -0.1) is 0 Å². The minimum Gasteiger partial charge on any atom is -0.469 e. The third-order valence-corrected chi connectivity index (χ3v) is 4.09. The SMILES string of the molecule is COC(=O)C(C)CSCc1nc2ccccc2[nH]c1=O. The molecule has 0 bridgehead atoms. The van der Waals surface area contributed by atoms with Crippen LogP contribution in [0, 0.1) is 5.92 Å². The topological polar surface area (TPSA) is 72.0 Å². The average molecular weight is 292 g/mol. The molecule has 20 heavy (non-hydrogen) atoms. The van der Waals surface area contributed by atoms with Crippen molar-refractivity contribution in [2.45, 2.75) is 12.7 Å². The van der Waals surface area contributed by atoms with Crippen LogP contribution in [0.15, 0.2) is 29.1 Å². The number of ether oxygens (including phenoxy) is 1. The third kappa shape index (κ3) is 3.39. The summed E-state index contributed by atoms with van der Waals surface area (Å²) in [5.74, 6) is 0.643. The number of aromatic amines is 1. The highest BCUT2D eigenvalue weighted by Crippen LogP contribution is 2.14. The van der Waals surface area contributed by atoms with Crippen molar-refractivity contribution in [2.24, 2.45) is 5.92 Å². The maximum atomic E-state index is 11.9. The van der Waals surface area contributed by atoms with Gasteiger partial charge in [0.1, 0.15) is 5.69 Å². The number of hydrogen-bond donors (Lipinski definition) is 1. The van der Waals surface area contributed by atoms with Crippen LogP contribution in [0.5, 0.6) is 0 Å². The molecular formula is C14H16N2O3S. The van der Waals surface area contributed by atoms with Crippen LogP contribution in [0.25, 0.3) is 11.0 Å². The molecule has 1 aromatic carbocycles. The number of aromatic nitrogens is 2. The van der Waals surface area contributed by atoms with Crippen LogP contribution in [-0.2, 0) is 15.3 Å². The first kappa shape index (κ1) is 14.6. The van der Waals surface area contributed by atoms with Crippen molar-refractivity contribution in [1.82, 2.24) is 9.97 Å². The van der Waals surface area contributed by atoms with Crippen molar-refractivity contribution in [3.63, 3.8) is 0 Å². The summed E-state index contributed by atoms with van der Waals surface area (Å²) in [4.78, 5) is 30.3. The zero-order valence-electron chi connectivity index (χ0n) is 11.4. The van der Waals surface area contributed by atoms with Crippen molar-refractivity contribution in [3.05, 3.63) is 40.3 Å². The third-order valence-electron chi connectivity index (χ3n) is 2.88. The molecular weight excluding hydrogens is 276 g/mol. The molecule has 1 N–H and O–H groups in total. The molecule has 1 heterocycles. The van der Waals surface area contributed by atoms with E-state index in [1.54, 1.807) is 6.92 Å². The van der Waals surface area contributed by atoms with Gasteiger partial charge in [0.2, 0.25) is 0 Å². The first-order chi connectivity index (χ1) is 9.61. The van der Waals surface area contributed by atoms with E-state index in [0.717, 1.165) is 11.0 Å². The Bertz CT molecular complexity index is 669. The van der Waals surface area contributed by atoms with Crippen molar-refractivity contribution < 1.29 is 9.53 Å². The lowest BCUT2D eigenvalue weighted by Gasteiger charge is -2.08. The summed E-state index contributed by atoms with van der Waals surface area (Å²) in [6.07, 6.45) is 0. The van der Waals surface area contributed by atoms with Gasteiger partial charge in [-0.05, 0) is 12.1 Å². The van der Waals surface area contributed by atoms with Gasteiger partial charge in [-0.3, -0.25) is 9.59 Å². The Kier molecular flexibility index (Phi) is 4.79. The number of nitrogens with one attached hydrogen (secondary N) is 1. The number of hydrogen-bond acceptors (Lipinski definition) is 5. The van der Waals surface area contributed by atoms with Crippen LogP contribution in [0.3, 0.4) is 0 Å². The minimum atomic E-state index is -0.238. The number of benzene rings is 1. The second kappa shape index (κ2) is 6.56. The second-order valence-corrected chi connectivity index (χ2v) is 5.50. The van der Waals surface area contributed by atoms with E-state index in [4.69, 9.17) is 0 Å². The number of para-hydroxylation sites is 2. The fraction of sp³-hybridized carbons (Fsp3) is 0.357. The van der Waals surface area contributed by atoms with Gasteiger partial charge in [-0.2, -0.15) is 11.8 Å². The molecule has 0 spiro atoms. The summed E-state index contributed by atoms with van der Waals surface area (Å²) in [5, 5.41) is 0. The lowest BCUT2D eigenvalue weighted by atomic mass is 10.2. The Labute approximate surface area is 120 Å². The van der Waals surface area contributed by atoms with Crippen LogP contribution in [0.1, 0.15) is 12.6 Å². The molecule has 106 valence electrons. The summed E-state index contributed by atoms with van der Waals surface area (Å²) in [6, 6.07) is 7.41. The van der Waals surface area contributed by atoms with Crippen LogP contribution >= 0.6 is 11.8 Å². The number of esters is 1. The van der Waals surface area contributed by atoms with Gasteiger partial charge < -0.3 is 9.72 Å². The summed E-state index contributed by atoms with van der Waals surface area (Å²) in [5.41, 5.74) is 1.80. The summed E-state index contributed by atoms with van der Waals surface area (Å²) < 4.78 is 4.66. The Morgan fingerprint density at radius 1 is 1.45 bits per heavy atom. The normalized spacial score (nSPS) is 12.3. The Hall–Kier alpha value is -1.82. The molecule has 0 fully saturated rings. The molecule has 0 saturated carbocycles. The average Bonchev–Trinajstić information content (AvgIpc) is 2.46. The van der Waals surface area contributed by atoms with Crippen LogP contribution in [0.2, 0.25) is 0 Å². The first-order valence-electron chi connectivity index (χ1n) is 6.25. The molecule has 1 atom stereocenters. The molecule has 6 heteroatoms. The number of rotatable bonds is 5. The molecule has 0 aliphatic rings. The van der Waals surface area contributed by atoms with Gasteiger partial charge in [-0.1, -0.05) is 19.1 Å². The van der Waals surface area contributed by atoms with Gasteiger partial charge in [0.25, 0.3) is 5.56 Å². The standard InChI is InChI=1S/C14H16N2O3S/c1-9(14(18)19-2)7-20-8-12-13(17)16-11-6-4-3-5-10(11)15-12/h3-6,9H,7-8H2,1-2H3,(H,16,17). The molecule has 0 radical (unpaired) electrons. The number of H-pyrrole nitrogens is 1. The van der Waals surface area contributed by atoms with E-state index in [9.17, 15) is 9.59 Å². The first-order valence-corrected chi connectivity index (χ1v) is 7.41. The lowest BCUT2D eigenvalue weighted by Crippen LogP contribution is -2.17. The van der Waals surface area contributed by atoms with Gasteiger partial charge in [-0.25, -0.2) is 4.98 Å². The Morgan fingerprint density at radius 2 is 2.20 bits per heavy atom. The fourth-order valence-electron chi connectivity index (χ4n) is 1.77. The van der Waals surface area contributed by atoms with E-state index in [1.165, 1.54) is 18.9 Å². The molecule has 1 unspecified atom stereocenters. The maximum absolute atomic E-state index is 11.9. The highest BCUT2D eigenvalue weighted by atomic mass is 32.2. The zero-order valence-corrected chi connectivity index (χ0v) is 12.2. The molecule has 5 nitrogen and oxygen atoms in total. The smallest absolute Gasteiger partial charge is 0.309 e. The van der Waals surface area contributed by atoms with E-state index in [-0.39, 0.29) is 17.4 Å². The number of methoxy groups -OCH3 is 1. The van der Waals surface area contributed by atoms with Gasteiger partial charge >= 0.3 is 5.97 Å². The molecule has 0 aliphatic carbocycles. The number of carbonyl (C=O) groups is 1. The minimum absolute atomic E-state index is 0.179. The highest BCUT2D eigenvalue weighted by Gasteiger charge is 2.13. The lowest BCUT2D eigenvalue weighted by molar-refractivity contribution is -0.143. The molecule has 0 amide bonds. The molecule has 2 rings (SSSR count). The largest absolute Gasteiger partial charge is 0.469 e. The van der Waals surface area contributed by atoms with E-state index in [0.29, 0.717) is 17.2 Å². The van der Waals surface area contributed by atoms with Crippen molar-refractivity contribution >= 4 is 28.8 Å². The highest BCUT2D eigenvalue weighted by molar-refractivity contribution is 7.98. The molecule has 0 saturated heterocycles. The summed E-state index contributed by atoms with van der Waals surface area (Å²) >= 11 is 1.50. The van der Waals surface area contributed by atoms with Gasteiger partial charge in [0.15, 0.2) is 0 Å². The Morgan fingerprint density at radius 3 is 2.95 bits per heavy atom. The fourth-order valence-corrected chi connectivity index (χ4v) is 2.76. The molecule has 2 aromatic rings. The van der Waals surface area contributed by atoms with E-state index < -0.39 is 0 Å². The predicted octanol–water partition coefficient (Wildman–Crippen LogP) is 1.97. The monoisotopic (exact) mass is 292 g/mol. The van der Waals surface area contributed by atoms with Crippen LogP contribution in [-0.4, -0.2) is 28.8 Å². The predicted molar refractivity (Wildman–Crippen MR) is 79.7 cm³/mol. The zero-order chi connectivity index (χ0) is 14.5. The summed E-state index contributed by atoms with van der Waals surface area (Å²) in [7, 11) is 1.37. The summed E-state index contributed by atoms with van der Waals surface area (Å²) in [6.45, 7) is 1.80. The van der Waals surface area contributed by atoms with E-state index in [2.05, 4.69) is 14.7 Å². The van der Waals surface area contributed by atoms with Crippen LogP contribution < -0.4 is 5.56 Å².